The van der Waals surface area contributed by atoms with E-state index in [2.05, 4.69) is 24.5 Å². The molecule has 1 aliphatic heterocycles. The van der Waals surface area contributed by atoms with Crippen LogP contribution in [-0.2, 0) is 4.79 Å². The SMILES string of the molecule is CC1(C)CCC(Nc2ccc3c(c2)NC(=O)CO3)C1. The monoisotopic (exact) mass is 260 g/mol. The van der Waals surface area contributed by atoms with Crippen molar-refractivity contribution in [3.63, 3.8) is 0 Å². The Morgan fingerprint density at radius 3 is 3.00 bits per heavy atom. The number of rotatable bonds is 2. The largest absolute Gasteiger partial charge is 0.482 e. The Hall–Kier alpha value is -1.71. The summed E-state index contributed by atoms with van der Waals surface area (Å²) >= 11 is 0. The first-order valence-electron chi connectivity index (χ1n) is 6.85. The average Bonchev–Trinajstić information content (AvgIpc) is 2.68. The van der Waals surface area contributed by atoms with Crippen molar-refractivity contribution in [1.82, 2.24) is 0 Å². The highest BCUT2D eigenvalue weighted by atomic mass is 16.5. The minimum Gasteiger partial charge on any atom is -0.482 e. The number of hydrogen-bond acceptors (Lipinski definition) is 3. The van der Waals surface area contributed by atoms with Gasteiger partial charge in [-0.25, -0.2) is 0 Å². The number of carbonyl (C=O) groups excluding carboxylic acids is 1. The van der Waals surface area contributed by atoms with Gasteiger partial charge in [0.1, 0.15) is 5.75 Å². The Morgan fingerprint density at radius 2 is 2.26 bits per heavy atom. The van der Waals surface area contributed by atoms with E-state index in [0.29, 0.717) is 11.5 Å². The van der Waals surface area contributed by atoms with Crippen LogP contribution in [0.1, 0.15) is 33.1 Å². The van der Waals surface area contributed by atoms with Crippen LogP contribution >= 0.6 is 0 Å². The van der Waals surface area contributed by atoms with E-state index in [1.807, 2.05) is 18.2 Å². The second-order valence-corrected chi connectivity index (χ2v) is 6.30. The van der Waals surface area contributed by atoms with Crippen molar-refractivity contribution in [2.24, 2.45) is 5.41 Å². The summed E-state index contributed by atoms with van der Waals surface area (Å²) in [5.74, 6) is 0.656. The molecule has 0 bridgehead atoms. The van der Waals surface area contributed by atoms with Crippen molar-refractivity contribution in [3.05, 3.63) is 18.2 Å². The third kappa shape index (κ3) is 2.67. The Balaban J connectivity index is 1.72. The first-order chi connectivity index (χ1) is 9.02. The molecule has 4 heteroatoms. The molecule has 2 aliphatic rings. The highest BCUT2D eigenvalue weighted by molar-refractivity contribution is 5.96. The predicted molar refractivity (Wildman–Crippen MR) is 75.6 cm³/mol. The molecule has 0 spiro atoms. The molecule has 0 radical (unpaired) electrons. The molecule has 1 aromatic rings. The Bertz CT molecular complexity index is 511. The summed E-state index contributed by atoms with van der Waals surface area (Å²) in [6, 6.07) is 6.41. The third-order valence-electron chi connectivity index (χ3n) is 3.95. The summed E-state index contributed by atoms with van der Waals surface area (Å²) in [5.41, 5.74) is 2.24. The Kier molecular flexibility index (Phi) is 2.88. The van der Waals surface area contributed by atoms with Crippen LogP contribution in [0.4, 0.5) is 11.4 Å². The number of fused-ring (bicyclic) bond motifs is 1. The van der Waals surface area contributed by atoms with Gasteiger partial charge >= 0.3 is 0 Å². The van der Waals surface area contributed by atoms with Crippen LogP contribution in [0, 0.1) is 5.41 Å². The molecule has 1 fully saturated rings. The fourth-order valence-corrected chi connectivity index (χ4v) is 2.97. The van der Waals surface area contributed by atoms with Crippen molar-refractivity contribution < 1.29 is 9.53 Å². The topological polar surface area (TPSA) is 50.4 Å². The average molecular weight is 260 g/mol. The molecule has 1 aliphatic carbocycles. The molecule has 1 atom stereocenters. The molecule has 4 nitrogen and oxygen atoms in total. The highest BCUT2D eigenvalue weighted by Gasteiger charge is 2.30. The number of hydrogen-bond donors (Lipinski definition) is 2. The lowest BCUT2D eigenvalue weighted by Gasteiger charge is -2.21. The highest BCUT2D eigenvalue weighted by Crippen LogP contribution is 2.39. The molecule has 102 valence electrons. The summed E-state index contributed by atoms with van der Waals surface area (Å²) in [4.78, 5) is 11.3. The molecule has 1 heterocycles. The summed E-state index contributed by atoms with van der Waals surface area (Å²) in [6.45, 7) is 4.74. The summed E-state index contributed by atoms with van der Waals surface area (Å²) in [7, 11) is 0. The normalized spacial score (nSPS) is 24.3. The molecule has 3 rings (SSSR count). The van der Waals surface area contributed by atoms with Crippen LogP contribution in [0.5, 0.6) is 5.75 Å². The van der Waals surface area contributed by atoms with Gasteiger partial charge in [0.15, 0.2) is 6.61 Å². The van der Waals surface area contributed by atoms with Crippen LogP contribution in [0.2, 0.25) is 0 Å². The first kappa shape index (κ1) is 12.3. The number of ether oxygens (including phenoxy) is 1. The molecule has 0 saturated heterocycles. The van der Waals surface area contributed by atoms with Gasteiger partial charge in [0.25, 0.3) is 5.91 Å². The maximum absolute atomic E-state index is 11.3. The number of anilines is 2. The molecule has 19 heavy (non-hydrogen) atoms. The Morgan fingerprint density at radius 1 is 1.42 bits per heavy atom. The number of amides is 1. The standard InChI is InChI=1S/C15H20N2O2/c1-15(2)6-5-11(8-15)16-10-3-4-13-12(7-10)17-14(18)9-19-13/h3-4,7,11,16H,5-6,8-9H2,1-2H3,(H,17,18). The van der Waals surface area contributed by atoms with E-state index < -0.39 is 0 Å². The molecule has 1 unspecified atom stereocenters. The smallest absolute Gasteiger partial charge is 0.262 e. The van der Waals surface area contributed by atoms with Gasteiger partial charge in [-0.15, -0.1) is 0 Å². The summed E-state index contributed by atoms with van der Waals surface area (Å²) < 4.78 is 5.35. The van der Waals surface area contributed by atoms with Crippen molar-refractivity contribution in [1.29, 1.82) is 0 Å². The maximum atomic E-state index is 11.3. The van der Waals surface area contributed by atoms with E-state index in [-0.39, 0.29) is 12.5 Å². The van der Waals surface area contributed by atoms with Crippen molar-refractivity contribution in [2.75, 3.05) is 17.2 Å². The summed E-state index contributed by atoms with van der Waals surface area (Å²) in [5, 5.41) is 6.39. The lowest BCUT2D eigenvalue weighted by atomic mass is 9.92. The molecule has 1 amide bonds. The van der Waals surface area contributed by atoms with Gasteiger partial charge in [-0.05, 0) is 42.9 Å². The van der Waals surface area contributed by atoms with Gasteiger partial charge in [-0.2, -0.15) is 0 Å². The number of benzene rings is 1. The fourth-order valence-electron chi connectivity index (χ4n) is 2.97. The van der Waals surface area contributed by atoms with E-state index in [1.54, 1.807) is 0 Å². The second-order valence-electron chi connectivity index (χ2n) is 6.30. The van der Waals surface area contributed by atoms with Gasteiger partial charge in [-0.3, -0.25) is 4.79 Å². The van der Waals surface area contributed by atoms with Crippen LogP contribution < -0.4 is 15.4 Å². The van der Waals surface area contributed by atoms with Crippen LogP contribution in [0.25, 0.3) is 0 Å². The third-order valence-corrected chi connectivity index (χ3v) is 3.95. The van der Waals surface area contributed by atoms with E-state index in [4.69, 9.17) is 4.74 Å². The fraction of sp³-hybridized carbons (Fsp3) is 0.533. The minimum absolute atomic E-state index is 0.0911. The van der Waals surface area contributed by atoms with Gasteiger partial charge in [0, 0.05) is 11.7 Å². The Labute approximate surface area is 113 Å². The molecule has 2 N–H and O–H groups in total. The van der Waals surface area contributed by atoms with Crippen LogP contribution in [-0.4, -0.2) is 18.6 Å². The van der Waals surface area contributed by atoms with Crippen LogP contribution in [0.3, 0.4) is 0 Å². The van der Waals surface area contributed by atoms with E-state index in [9.17, 15) is 4.79 Å². The lowest BCUT2D eigenvalue weighted by Crippen LogP contribution is -2.25. The van der Waals surface area contributed by atoms with E-state index in [1.165, 1.54) is 19.3 Å². The van der Waals surface area contributed by atoms with Gasteiger partial charge in [0.05, 0.1) is 5.69 Å². The molecule has 0 aromatic heterocycles. The quantitative estimate of drug-likeness (QED) is 0.859. The van der Waals surface area contributed by atoms with Gasteiger partial charge in [0.2, 0.25) is 0 Å². The minimum atomic E-state index is -0.0911. The molecular weight excluding hydrogens is 240 g/mol. The molecular formula is C15H20N2O2. The van der Waals surface area contributed by atoms with Crippen LogP contribution in [0.15, 0.2) is 18.2 Å². The van der Waals surface area contributed by atoms with Crippen molar-refractivity contribution >= 4 is 17.3 Å². The zero-order valence-electron chi connectivity index (χ0n) is 11.5. The van der Waals surface area contributed by atoms with E-state index in [0.717, 1.165) is 17.1 Å². The summed E-state index contributed by atoms with van der Waals surface area (Å²) in [6.07, 6.45) is 3.65. The zero-order valence-corrected chi connectivity index (χ0v) is 11.5. The van der Waals surface area contributed by atoms with Gasteiger partial charge < -0.3 is 15.4 Å². The van der Waals surface area contributed by atoms with Crippen molar-refractivity contribution in [2.45, 2.75) is 39.2 Å². The first-order valence-corrected chi connectivity index (χ1v) is 6.85. The molecule has 1 aromatic carbocycles. The van der Waals surface area contributed by atoms with Crippen molar-refractivity contribution in [3.8, 4) is 5.75 Å². The number of carbonyl (C=O) groups is 1. The number of nitrogens with one attached hydrogen (secondary N) is 2. The maximum Gasteiger partial charge on any atom is 0.262 e. The predicted octanol–water partition coefficient (Wildman–Crippen LogP) is 3.01. The second kappa shape index (κ2) is 4.44. The molecule has 1 saturated carbocycles. The lowest BCUT2D eigenvalue weighted by molar-refractivity contribution is -0.118. The van der Waals surface area contributed by atoms with E-state index >= 15 is 0 Å². The van der Waals surface area contributed by atoms with Gasteiger partial charge in [-0.1, -0.05) is 13.8 Å². The zero-order chi connectivity index (χ0) is 13.5.